The van der Waals surface area contributed by atoms with Crippen molar-refractivity contribution in [3.8, 4) is 5.69 Å². The Bertz CT molecular complexity index is 891. The highest BCUT2D eigenvalue weighted by Gasteiger charge is 2.17. The predicted octanol–water partition coefficient (Wildman–Crippen LogP) is 2.17. The lowest BCUT2D eigenvalue weighted by molar-refractivity contribution is 0.610. The molecule has 0 aliphatic carbocycles. The van der Waals surface area contributed by atoms with Crippen molar-refractivity contribution in [1.29, 1.82) is 0 Å². The van der Waals surface area contributed by atoms with Crippen LogP contribution in [-0.2, 0) is 6.42 Å². The lowest BCUT2D eigenvalue weighted by atomic mass is 10.2. The fraction of sp³-hybridized carbons (Fsp3) is 0.125. The molecule has 0 spiro atoms. The van der Waals surface area contributed by atoms with Crippen molar-refractivity contribution < 1.29 is 8.78 Å². The van der Waals surface area contributed by atoms with Crippen LogP contribution < -0.4 is 11.3 Å². The molecule has 0 amide bonds. The second-order valence-corrected chi connectivity index (χ2v) is 4.80. The molecule has 0 unspecified atom stereocenters. The van der Waals surface area contributed by atoms with Crippen molar-refractivity contribution in [1.82, 2.24) is 9.55 Å². The molecule has 0 aliphatic heterocycles. The van der Waals surface area contributed by atoms with Crippen LogP contribution in [0.1, 0.15) is 5.82 Å². The average molecular weight is 301 g/mol. The number of nitrogens with zero attached hydrogens (tertiary/aromatic N) is 2. The minimum absolute atomic E-state index is 0.238. The molecular weight excluding hydrogens is 288 g/mol. The van der Waals surface area contributed by atoms with E-state index in [1.54, 1.807) is 30.3 Å². The topological polar surface area (TPSA) is 60.9 Å². The number of benzene rings is 2. The molecule has 0 bridgehead atoms. The van der Waals surface area contributed by atoms with E-state index >= 15 is 0 Å². The van der Waals surface area contributed by atoms with E-state index in [1.807, 2.05) is 0 Å². The standard InChI is InChI=1S/C16H13F2N3O/c17-11-6-7-12(18)15-14(11)16(22)21(13(20-15)8-9-19)10-4-2-1-3-5-10/h1-7H,8-9,19H2. The van der Waals surface area contributed by atoms with Crippen LogP contribution in [-0.4, -0.2) is 16.1 Å². The zero-order chi connectivity index (χ0) is 15.7. The molecule has 0 saturated heterocycles. The summed E-state index contributed by atoms with van der Waals surface area (Å²) in [6, 6.07) is 10.6. The van der Waals surface area contributed by atoms with E-state index in [0.717, 1.165) is 12.1 Å². The smallest absolute Gasteiger partial charge is 0.269 e. The second-order valence-electron chi connectivity index (χ2n) is 4.80. The van der Waals surface area contributed by atoms with Gasteiger partial charge in [-0.15, -0.1) is 0 Å². The van der Waals surface area contributed by atoms with Gasteiger partial charge in [-0.25, -0.2) is 13.8 Å². The molecule has 0 saturated carbocycles. The maximum absolute atomic E-state index is 14.0. The average Bonchev–Trinajstić information content (AvgIpc) is 2.52. The number of aromatic nitrogens is 2. The molecule has 112 valence electrons. The van der Waals surface area contributed by atoms with Gasteiger partial charge in [0.05, 0.1) is 5.69 Å². The molecule has 0 radical (unpaired) electrons. The van der Waals surface area contributed by atoms with Crippen LogP contribution in [0.3, 0.4) is 0 Å². The normalized spacial score (nSPS) is 11.0. The summed E-state index contributed by atoms with van der Waals surface area (Å²) >= 11 is 0. The number of fused-ring (bicyclic) bond motifs is 1. The first-order valence-electron chi connectivity index (χ1n) is 6.78. The van der Waals surface area contributed by atoms with Gasteiger partial charge in [-0.05, 0) is 30.8 Å². The lowest BCUT2D eigenvalue weighted by Gasteiger charge is -2.13. The molecule has 6 heteroatoms. The van der Waals surface area contributed by atoms with Crippen LogP contribution in [0.2, 0.25) is 0 Å². The molecule has 3 rings (SSSR count). The van der Waals surface area contributed by atoms with Crippen molar-refractivity contribution in [3.63, 3.8) is 0 Å². The van der Waals surface area contributed by atoms with Crippen LogP contribution in [0, 0.1) is 11.6 Å². The van der Waals surface area contributed by atoms with Gasteiger partial charge < -0.3 is 5.73 Å². The maximum atomic E-state index is 14.0. The van der Waals surface area contributed by atoms with Crippen LogP contribution >= 0.6 is 0 Å². The number of hydrogen-bond donors (Lipinski definition) is 1. The summed E-state index contributed by atoms with van der Waals surface area (Å²) < 4.78 is 29.2. The van der Waals surface area contributed by atoms with E-state index in [4.69, 9.17) is 5.73 Å². The second kappa shape index (κ2) is 5.65. The van der Waals surface area contributed by atoms with Gasteiger partial charge in [0.25, 0.3) is 5.56 Å². The zero-order valence-corrected chi connectivity index (χ0v) is 11.6. The first-order chi connectivity index (χ1) is 10.6. The largest absolute Gasteiger partial charge is 0.330 e. The Hall–Kier alpha value is -2.60. The molecule has 3 aromatic rings. The third kappa shape index (κ3) is 2.27. The molecule has 1 aromatic heterocycles. The Morgan fingerprint density at radius 1 is 1.05 bits per heavy atom. The Labute approximate surface area is 124 Å². The van der Waals surface area contributed by atoms with Gasteiger partial charge in [0.1, 0.15) is 28.4 Å². The van der Waals surface area contributed by atoms with E-state index in [0.29, 0.717) is 11.5 Å². The van der Waals surface area contributed by atoms with Crippen LogP contribution in [0.25, 0.3) is 16.6 Å². The summed E-state index contributed by atoms with van der Waals surface area (Å²) in [7, 11) is 0. The molecular formula is C16H13F2N3O. The van der Waals surface area contributed by atoms with Crippen molar-refractivity contribution in [2.45, 2.75) is 6.42 Å². The Morgan fingerprint density at radius 3 is 2.41 bits per heavy atom. The van der Waals surface area contributed by atoms with Crippen LogP contribution in [0.5, 0.6) is 0 Å². The van der Waals surface area contributed by atoms with E-state index in [9.17, 15) is 13.6 Å². The number of nitrogens with two attached hydrogens (primary N) is 1. The van der Waals surface area contributed by atoms with Crippen LogP contribution in [0.15, 0.2) is 47.3 Å². The van der Waals surface area contributed by atoms with Crippen LogP contribution in [0.4, 0.5) is 8.78 Å². The molecule has 2 N–H and O–H groups in total. The van der Waals surface area contributed by atoms with Gasteiger partial charge in [-0.2, -0.15) is 0 Å². The SMILES string of the molecule is NCCc1nc2c(F)ccc(F)c2c(=O)n1-c1ccccc1. The number of rotatable bonds is 3. The molecule has 1 heterocycles. The highest BCUT2D eigenvalue weighted by atomic mass is 19.1. The molecule has 0 aliphatic rings. The quantitative estimate of drug-likeness (QED) is 0.806. The monoisotopic (exact) mass is 301 g/mol. The fourth-order valence-electron chi connectivity index (χ4n) is 2.40. The van der Waals surface area contributed by atoms with Crippen molar-refractivity contribution in [3.05, 3.63) is 70.3 Å². The third-order valence-corrected chi connectivity index (χ3v) is 3.38. The number of halogens is 2. The van der Waals surface area contributed by atoms with E-state index in [2.05, 4.69) is 4.98 Å². The van der Waals surface area contributed by atoms with Gasteiger partial charge in [0, 0.05) is 6.42 Å². The molecule has 2 aromatic carbocycles. The Morgan fingerprint density at radius 2 is 1.73 bits per heavy atom. The first-order valence-corrected chi connectivity index (χ1v) is 6.78. The molecule has 0 atom stereocenters. The first kappa shape index (κ1) is 14.3. The molecule has 0 fully saturated rings. The lowest BCUT2D eigenvalue weighted by Crippen LogP contribution is -2.26. The Balaban J connectivity index is 2.45. The van der Waals surface area contributed by atoms with Gasteiger partial charge in [0.2, 0.25) is 0 Å². The number of para-hydroxylation sites is 1. The van der Waals surface area contributed by atoms with Gasteiger partial charge in [0.15, 0.2) is 0 Å². The van der Waals surface area contributed by atoms with Gasteiger partial charge in [-0.3, -0.25) is 9.36 Å². The summed E-state index contributed by atoms with van der Waals surface area (Å²) in [5.74, 6) is -1.22. The summed E-state index contributed by atoms with van der Waals surface area (Å²) in [6.07, 6.45) is 0.274. The predicted molar refractivity (Wildman–Crippen MR) is 80.0 cm³/mol. The van der Waals surface area contributed by atoms with Gasteiger partial charge >= 0.3 is 0 Å². The van der Waals surface area contributed by atoms with Gasteiger partial charge in [-0.1, -0.05) is 18.2 Å². The highest BCUT2D eigenvalue weighted by Crippen LogP contribution is 2.18. The van der Waals surface area contributed by atoms with Crippen molar-refractivity contribution in [2.75, 3.05) is 6.54 Å². The van der Waals surface area contributed by atoms with E-state index < -0.39 is 17.2 Å². The number of hydrogen-bond acceptors (Lipinski definition) is 3. The summed E-state index contributed by atoms with van der Waals surface area (Å²) in [4.78, 5) is 16.8. The van der Waals surface area contributed by atoms with Crippen molar-refractivity contribution in [2.24, 2.45) is 5.73 Å². The summed E-state index contributed by atoms with van der Waals surface area (Å²) in [5, 5.41) is -0.357. The maximum Gasteiger partial charge on any atom is 0.269 e. The van der Waals surface area contributed by atoms with E-state index in [1.165, 1.54) is 4.57 Å². The molecule has 22 heavy (non-hydrogen) atoms. The minimum atomic E-state index is -0.794. The molecule has 4 nitrogen and oxygen atoms in total. The summed E-state index contributed by atoms with van der Waals surface area (Å²) in [5.41, 5.74) is 5.18. The third-order valence-electron chi connectivity index (χ3n) is 3.38. The summed E-state index contributed by atoms with van der Waals surface area (Å²) in [6.45, 7) is 0.238. The van der Waals surface area contributed by atoms with E-state index in [-0.39, 0.29) is 23.9 Å². The van der Waals surface area contributed by atoms with Crippen molar-refractivity contribution >= 4 is 10.9 Å². The Kier molecular flexibility index (Phi) is 3.68. The fourth-order valence-corrected chi connectivity index (χ4v) is 2.40. The minimum Gasteiger partial charge on any atom is -0.330 e. The highest BCUT2D eigenvalue weighted by molar-refractivity contribution is 5.79. The zero-order valence-electron chi connectivity index (χ0n) is 11.6.